The number of hydrogen-bond acceptors (Lipinski definition) is 5. The van der Waals surface area contributed by atoms with Gasteiger partial charge in [-0.25, -0.2) is 13.1 Å². The lowest BCUT2D eigenvalue weighted by Crippen LogP contribution is -2.40. The molecular formula is C23H28N2O5S. The predicted molar refractivity (Wildman–Crippen MR) is 118 cm³/mol. The van der Waals surface area contributed by atoms with Crippen molar-refractivity contribution in [3.05, 3.63) is 48.0 Å². The molecule has 2 aliphatic rings. The van der Waals surface area contributed by atoms with Gasteiger partial charge in [-0.1, -0.05) is 6.42 Å². The number of fused-ring (bicyclic) bond motifs is 1. The van der Waals surface area contributed by atoms with Gasteiger partial charge >= 0.3 is 0 Å². The third kappa shape index (κ3) is 4.85. The first-order valence-electron chi connectivity index (χ1n) is 10.5. The van der Waals surface area contributed by atoms with E-state index in [-0.39, 0.29) is 10.8 Å². The molecule has 8 heteroatoms. The van der Waals surface area contributed by atoms with E-state index in [1.165, 1.54) is 30.7 Å². The van der Waals surface area contributed by atoms with Gasteiger partial charge < -0.3 is 14.8 Å². The first kappa shape index (κ1) is 21.6. The average molecular weight is 445 g/mol. The van der Waals surface area contributed by atoms with Crippen molar-refractivity contribution in [3.63, 3.8) is 0 Å². The minimum absolute atomic E-state index is 0.111. The zero-order valence-corrected chi connectivity index (χ0v) is 18.8. The minimum Gasteiger partial charge on any atom is -0.448 e. The Labute approximate surface area is 183 Å². The van der Waals surface area contributed by atoms with Crippen molar-refractivity contribution < 1.29 is 22.7 Å². The number of carbonyl (C=O) groups excluding carboxylic acids is 1. The van der Waals surface area contributed by atoms with E-state index in [0.717, 1.165) is 25.7 Å². The van der Waals surface area contributed by atoms with E-state index in [0.29, 0.717) is 22.7 Å². The Morgan fingerprint density at radius 1 is 0.935 bits per heavy atom. The molecular weight excluding hydrogens is 416 g/mol. The van der Waals surface area contributed by atoms with Gasteiger partial charge in [-0.05, 0) is 70.0 Å². The Balaban J connectivity index is 1.44. The summed E-state index contributed by atoms with van der Waals surface area (Å²) < 4.78 is 39.6. The van der Waals surface area contributed by atoms with Crippen molar-refractivity contribution in [3.8, 4) is 11.5 Å². The van der Waals surface area contributed by atoms with Gasteiger partial charge in [0, 0.05) is 35.7 Å². The van der Waals surface area contributed by atoms with Gasteiger partial charge in [-0.3, -0.25) is 4.79 Å². The Morgan fingerprint density at radius 2 is 1.58 bits per heavy atom. The third-order valence-corrected chi connectivity index (χ3v) is 7.05. The van der Waals surface area contributed by atoms with Crippen LogP contribution >= 0.6 is 0 Å². The normalized spacial score (nSPS) is 17.5. The van der Waals surface area contributed by atoms with Crippen molar-refractivity contribution in [1.29, 1.82) is 0 Å². The van der Waals surface area contributed by atoms with Crippen molar-refractivity contribution in [2.24, 2.45) is 0 Å². The molecule has 166 valence electrons. The lowest BCUT2D eigenvalue weighted by atomic mass is 9.94. The quantitative estimate of drug-likeness (QED) is 0.727. The van der Waals surface area contributed by atoms with Crippen LogP contribution in [0.1, 0.15) is 63.2 Å². The van der Waals surface area contributed by atoms with Crippen molar-refractivity contribution >= 4 is 21.6 Å². The van der Waals surface area contributed by atoms with Crippen molar-refractivity contribution in [2.75, 3.05) is 5.32 Å². The maximum atomic E-state index is 12.7. The van der Waals surface area contributed by atoms with Crippen LogP contribution in [0.15, 0.2) is 47.4 Å². The molecule has 2 aromatic carbocycles. The molecule has 1 saturated carbocycles. The average Bonchev–Trinajstić information content (AvgIpc) is 3.03. The zero-order valence-electron chi connectivity index (χ0n) is 18.0. The maximum absolute atomic E-state index is 12.7. The summed E-state index contributed by atoms with van der Waals surface area (Å²) >= 11 is 0. The van der Waals surface area contributed by atoms with E-state index < -0.39 is 21.3 Å². The highest BCUT2D eigenvalue weighted by atomic mass is 32.2. The standard InChI is InChI=1S/C23H28N2O5S/c1-22(2,3)25-31(27,28)18-10-7-16(8-11-18)21(26)24-17-9-12-19-20(15-17)30-23(29-19)13-5-4-6-14-23/h7-12,15,25H,4-6,13-14H2,1-3H3,(H,24,26). The monoisotopic (exact) mass is 444 g/mol. The summed E-state index contributed by atoms with van der Waals surface area (Å²) in [4.78, 5) is 12.8. The third-order valence-electron chi connectivity index (χ3n) is 5.28. The molecule has 2 N–H and O–H groups in total. The van der Waals surface area contributed by atoms with E-state index in [9.17, 15) is 13.2 Å². The van der Waals surface area contributed by atoms with Gasteiger partial charge in [-0.15, -0.1) is 0 Å². The summed E-state index contributed by atoms with van der Waals surface area (Å²) in [5, 5.41) is 2.84. The van der Waals surface area contributed by atoms with Gasteiger partial charge in [0.25, 0.3) is 11.7 Å². The second-order valence-electron chi connectivity index (χ2n) is 9.17. The highest BCUT2D eigenvalue weighted by Gasteiger charge is 2.42. The molecule has 0 unspecified atom stereocenters. The summed E-state index contributed by atoms with van der Waals surface area (Å²) in [6.45, 7) is 5.31. The number of amides is 1. The van der Waals surface area contributed by atoms with E-state index in [1.54, 1.807) is 32.9 Å². The number of ether oxygens (including phenoxy) is 2. The Hall–Kier alpha value is -2.58. The van der Waals surface area contributed by atoms with Crippen LogP contribution in [0.2, 0.25) is 0 Å². The number of carbonyl (C=O) groups is 1. The van der Waals surface area contributed by atoms with Crippen LogP contribution in [0.4, 0.5) is 5.69 Å². The summed E-state index contributed by atoms with van der Waals surface area (Å²) in [6, 6.07) is 11.2. The lowest BCUT2D eigenvalue weighted by Gasteiger charge is -2.31. The molecule has 0 saturated heterocycles. The first-order chi connectivity index (χ1) is 14.6. The fraction of sp³-hybridized carbons (Fsp3) is 0.435. The second kappa shape index (κ2) is 7.84. The summed E-state index contributed by atoms with van der Waals surface area (Å²) in [6.07, 6.45) is 5.08. The molecule has 1 fully saturated rings. The van der Waals surface area contributed by atoms with Crippen LogP contribution in [0.25, 0.3) is 0 Å². The number of benzene rings is 2. The molecule has 4 rings (SSSR count). The Morgan fingerprint density at radius 3 is 2.23 bits per heavy atom. The number of nitrogens with one attached hydrogen (secondary N) is 2. The maximum Gasteiger partial charge on any atom is 0.255 e. The van der Waals surface area contributed by atoms with Crippen LogP contribution < -0.4 is 19.5 Å². The van der Waals surface area contributed by atoms with E-state index in [4.69, 9.17) is 9.47 Å². The van der Waals surface area contributed by atoms with Gasteiger partial charge in [0.05, 0.1) is 4.90 Å². The van der Waals surface area contributed by atoms with Crippen LogP contribution in [-0.2, 0) is 10.0 Å². The van der Waals surface area contributed by atoms with Crippen molar-refractivity contribution in [1.82, 2.24) is 4.72 Å². The Bertz CT molecular complexity index is 1080. The second-order valence-corrected chi connectivity index (χ2v) is 10.9. The fourth-order valence-electron chi connectivity index (χ4n) is 3.92. The van der Waals surface area contributed by atoms with Gasteiger partial charge in [-0.2, -0.15) is 0 Å². The fourth-order valence-corrected chi connectivity index (χ4v) is 5.34. The van der Waals surface area contributed by atoms with E-state index >= 15 is 0 Å². The topological polar surface area (TPSA) is 93.7 Å². The van der Waals surface area contributed by atoms with Crippen LogP contribution in [-0.4, -0.2) is 25.7 Å². The molecule has 0 bridgehead atoms. The predicted octanol–water partition coefficient (Wildman–Crippen LogP) is 4.45. The van der Waals surface area contributed by atoms with Crippen LogP contribution in [0, 0.1) is 0 Å². The number of rotatable bonds is 4. The molecule has 1 heterocycles. The van der Waals surface area contributed by atoms with Crippen LogP contribution in [0.5, 0.6) is 11.5 Å². The van der Waals surface area contributed by atoms with Crippen LogP contribution in [0.3, 0.4) is 0 Å². The molecule has 1 aliphatic carbocycles. The summed E-state index contributed by atoms with van der Waals surface area (Å²) in [5.74, 6) is 0.431. The lowest BCUT2D eigenvalue weighted by molar-refractivity contribution is -0.105. The molecule has 2 aromatic rings. The zero-order chi connectivity index (χ0) is 22.3. The number of hydrogen-bond donors (Lipinski definition) is 2. The summed E-state index contributed by atoms with van der Waals surface area (Å²) in [7, 11) is -3.65. The highest BCUT2D eigenvalue weighted by molar-refractivity contribution is 7.89. The molecule has 1 amide bonds. The smallest absolute Gasteiger partial charge is 0.255 e. The number of anilines is 1. The van der Waals surface area contributed by atoms with Gasteiger partial charge in [0.2, 0.25) is 10.0 Å². The highest BCUT2D eigenvalue weighted by Crippen LogP contribution is 2.46. The molecule has 0 radical (unpaired) electrons. The van der Waals surface area contributed by atoms with E-state index in [1.807, 2.05) is 6.07 Å². The van der Waals surface area contributed by atoms with Gasteiger partial charge in [0.1, 0.15) is 0 Å². The molecule has 7 nitrogen and oxygen atoms in total. The first-order valence-corrected chi connectivity index (χ1v) is 12.0. The molecule has 31 heavy (non-hydrogen) atoms. The minimum atomic E-state index is -3.65. The van der Waals surface area contributed by atoms with Crippen molar-refractivity contribution in [2.45, 2.75) is 69.1 Å². The number of sulfonamides is 1. The molecule has 0 aromatic heterocycles. The Kier molecular flexibility index (Phi) is 5.47. The largest absolute Gasteiger partial charge is 0.448 e. The summed E-state index contributed by atoms with van der Waals surface area (Å²) in [5.41, 5.74) is 0.354. The molecule has 1 aliphatic heterocycles. The van der Waals surface area contributed by atoms with Gasteiger partial charge in [0.15, 0.2) is 11.5 Å². The van der Waals surface area contributed by atoms with E-state index in [2.05, 4.69) is 10.0 Å². The SMILES string of the molecule is CC(C)(C)NS(=O)(=O)c1ccc(C(=O)Nc2ccc3c(c2)OC2(CCCCC2)O3)cc1. The molecule has 1 spiro atoms. The molecule has 0 atom stereocenters.